The molecule has 2 aromatic carbocycles. The van der Waals surface area contributed by atoms with Crippen LogP contribution in [0.2, 0.25) is 0 Å². The molecule has 6 N–H and O–H groups in total. The Bertz CT molecular complexity index is 1330. The molecule has 0 saturated heterocycles. The zero-order valence-electron chi connectivity index (χ0n) is 21.7. The minimum atomic E-state index is -3.87. The monoisotopic (exact) mass is 570 g/mol. The van der Waals surface area contributed by atoms with Gasteiger partial charge in [0, 0.05) is 23.9 Å². The number of rotatable bonds is 15. The van der Waals surface area contributed by atoms with Crippen molar-refractivity contribution in [3.63, 3.8) is 0 Å². The molecule has 0 aliphatic rings. The third-order valence-electron chi connectivity index (χ3n) is 5.95. The van der Waals surface area contributed by atoms with Crippen LogP contribution in [0.5, 0.6) is 0 Å². The molecule has 0 bridgehead atoms. The van der Waals surface area contributed by atoms with Crippen LogP contribution in [0.4, 0.5) is 0 Å². The van der Waals surface area contributed by atoms with Gasteiger partial charge in [-0.2, -0.15) is 0 Å². The van der Waals surface area contributed by atoms with Crippen LogP contribution in [-0.2, 0) is 38.3 Å². The fraction of sp³-hybridized carbons (Fsp3) is 0.333. The van der Waals surface area contributed by atoms with Crippen LogP contribution in [0.15, 0.2) is 65.5 Å². The van der Waals surface area contributed by atoms with E-state index in [4.69, 9.17) is 11.1 Å². The number of nitrogen functional groups attached to an aromatic ring is 1. The van der Waals surface area contributed by atoms with E-state index in [1.807, 2.05) is 6.92 Å². The average molecular weight is 571 g/mol. The minimum absolute atomic E-state index is 0.0421. The highest BCUT2D eigenvalue weighted by Gasteiger charge is 2.29. The van der Waals surface area contributed by atoms with Crippen molar-refractivity contribution in [1.29, 1.82) is 5.41 Å². The Labute approximate surface area is 233 Å². The van der Waals surface area contributed by atoms with Crippen LogP contribution in [0, 0.1) is 5.41 Å². The number of nitrogens with one attached hydrogen (secondary N) is 4. The van der Waals surface area contributed by atoms with Gasteiger partial charge in [0.1, 0.15) is 17.9 Å². The number of benzene rings is 2. The van der Waals surface area contributed by atoms with Crippen LogP contribution in [-0.4, -0.2) is 43.1 Å². The lowest BCUT2D eigenvalue weighted by Crippen LogP contribution is -2.54. The molecule has 2 amide bonds. The van der Waals surface area contributed by atoms with Crippen molar-refractivity contribution in [2.24, 2.45) is 5.73 Å². The van der Waals surface area contributed by atoms with Crippen molar-refractivity contribution in [3.8, 4) is 0 Å². The van der Waals surface area contributed by atoms with Crippen molar-refractivity contribution in [1.82, 2.24) is 20.3 Å². The summed E-state index contributed by atoms with van der Waals surface area (Å²) in [4.78, 5) is 30.6. The number of unbranched alkanes of at least 4 members (excludes halogenated alkanes) is 1. The lowest BCUT2D eigenvalue weighted by atomic mass is 10.1. The zero-order valence-corrected chi connectivity index (χ0v) is 23.4. The maximum atomic E-state index is 13.4. The van der Waals surface area contributed by atoms with E-state index in [1.54, 1.807) is 65.5 Å². The first-order valence-corrected chi connectivity index (χ1v) is 15.2. The van der Waals surface area contributed by atoms with E-state index in [0.29, 0.717) is 29.7 Å². The molecular formula is C27H34N6O4S2. The third kappa shape index (κ3) is 9.89. The highest BCUT2D eigenvalue weighted by atomic mass is 32.2. The number of hydrogen-bond acceptors (Lipinski definition) is 7. The quantitative estimate of drug-likeness (QED) is 0.139. The SMILES string of the molecule is CCCCC(NC(=O)C(Cc1cscn1)NS(=O)(=O)Cc1ccccc1)C(=O)NCc1ccc(C(=N)N)cc1. The number of hydrogen-bond donors (Lipinski definition) is 5. The van der Waals surface area contributed by atoms with E-state index in [1.165, 1.54) is 11.3 Å². The molecular weight excluding hydrogens is 536 g/mol. The van der Waals surface area contributed by atoms with Gasteiger partial charge in [-0.3, -0.25) is 15.0 Å². The largest absolute Gasteiger partial charge is 0.384 e. The molecule has 39 heavy (non-hydrogen) atoms. The first-order valence-electron chi connectivity index (χ1n) is 12.6. The van der Waals surface area contributed by atoms with E-state index in [9.17, 15) is 18.0 Å². The van der Waals surface area contributed by atoms with Gasteiger partial charge in [-0.15, -0.1) is 11.3 Å². The molecule has 0 radical (unpaired) electrons. The van der Waals surface area contributed by atoms with Crippen molar-refractivity contribution < 1.29 is 18.0 Å². The minimum Gasteiger partial charge on any atom is -0.384 e. The summed E-state index contributed by atoms with van der Waals surface area (Å²) < 4.78 is 28.4. The second-order valence-corrected chi connectivity index (χ2v) is 11.6. The van der Waals surface area contributed by atoms with Crippen LogP contribution < -0.4 is 21.1 Å². The highest BCUT2D eigenvalue weighted by Crippen LogP contribution is 2.11. The van der Waals surface area contributed by atoms with Crippen LogP contribution in [0.25, 0.3) is 0 Å². The fourth-order valence-corrected chi connectivity index (χ4v) is 5.76. The molecule has 208 valence electrons. The van der Waals surface area contributed by atoms with Crippen molar-refractivity contribution >= 4 is 39.0 Å². The molecule has 0 saturated carbocycles. The van der Waals surface area contributed by atoms with Gasteiger partial charge < -0.3 is 16.4 Å². The highest BCUT2D eigenvalue weighted by molar-refractivity contribution is 7.88. The smallest absolute Gasteiger partial charge is 0.242 e. The van der Waals surface area contributed by atoms with Gasteiger partial charge in [0.2, 0.25) is 21.8 Å². The van der Waals surface area contributed by atoms with Gasteiger partial charge in [-0.1, -0.05) is 74.4 Å². The Morgan fingerprint density at radius 2 is 1.74 bits per heavy atom. The summed E-state index contributed by atoms with van der Waals surface area (Å²) >= 11 is 1.35. The van der Waals surface area contributed by atoms with E-state index in [2.05, 4.69) is 20.3 Å². The van der Waals surface area contributed by atoms with Crippen LogP contribution in [0.3, 0.4) is 0 Å². The Kier molecular flexibility index (Phi) is 11.1. The van der Waals surface area contributed by atoms with E-state index < -0.39 is 28.0 Å². The molecule has 0 spiro atoms. The van der Waals surface area contributed by atoms with Crippen molar-refractivity contribution in [3.05, 3.63) is 87.9 Å². The normalized spacial score (nSPS) is 12.8. The zero-order chi connectivity index (χ0) is 28.3. The molecule has 3 rings (SSSR count). The molecule has 2 unspecified atom stereocenters. The van der Waals surface area contributed by atoms with Gasteiger partial charge in [0.25, 0.3) is 0 Å². The van der Waals surface area contributed by atoms with Gasteiger partial charge in [-0.25, -0.2) is 18.1 Å². The third-order valence-corrected chi connectivity index (χ3v) is 7.94. The van der Waals surface area contributed by atoms with Gasteiger partial charge in [-0.05, 0) is 17.5 Å². The number of amides is 2. The van der Waals surface area contributed by atoms with E-state index in [0.717, 1.165) is 12.0 Å². The summed E-state index contributed by atoms with van der Waals surface area (Å²) in [6, 6.07) is 13.6. The fourth-order valence-electron chi connectivity index (χ4n) is 3.85. The summed E-state index contributed by atoms with van der Waals surface area (Å²) in [5, 5.41) is 14.8. The first-order chi connectivity index (χ1) is 18.7. The summed E-state index contributed by atoms with van der Waals surface area (Å²) in [6.07, 6.45) is 1.96. The maximum Gasteiger partial charge on any atom is 0.242 e. The second-order valence-electron chi connectivity index (χ2n) is 9.13. The van der Waals surface area contributed by atoms with Crippen molar-refractivity contribution in [2.75, 3.05) is 0 Å². The Balaban J connectivity index is 1.70. The maximum absolute atomic E-state index is 13.4. The first kappa shape index (κ1) is 29.9. The molecule has 0 aliphatic heterocycles. The molecule has 0 fully saturated rings. The number of amidine groups is 1. The van der Waals surface area contributed by atoms with Crippen LogP contribution in [0.1, 0.15) is 48.6 Å². The average Bonchev–Trinajstić information content (AvgIpc) is 3.42. The summed E-state index contributed by atoms with van der Waals surface area (Å²) in [5.74, 6) is -1.29. The predicted octanol–water partition coefficient (Wildman–Crippen LogP) is 2.45. The van der Waals surface area contributed by atoms with Gasteiger partial charge in [0.05, 0.1) is 17.0 Å². The lowest BCUT2D eigenvalue weighted by Gasteiger charge is -2.23. The van der Waals surface area contributed by atoms with E-state index in [-0.39, 0.29) is 30.5 Å². The number of nitrogens with two attached hydrogens (primary N) is 1. The Morgan fingerprint density at radius 1 is 1.03 bits per heavy atom. The Morgan fingerprint density at radius 3 is 2.36 bits per heavy atom. The molecule has 10 nitrogen and oxygen atoms in total. The summed E-state index contributed by atoms with van der Waals surface area (Å²) in [6.45, 7) is 2.21. The van der Waals surface area contributed by atoms with Crippen molar-refractivity contribution in [2.45, 2.75) is 57.0 Å². The topological polar surface area (TPSA) is 167 Å². The summed E-state index contributed by atoms with van der Waals surface area (Å²) in [5.41, 5.74) is 9.66. The molecule has 2 atom stereocenters. The van der Waals surface area contributed by atoms with Gasteiger partial charge >= 0.3 is 0 Å². The number of aromatic nitrogens is 1. The molecule has 1 heterocycles. The molecule has 0 aliphatic carbocycles. The standard InChI is InChI=1S/C27H34N6O4S2/c1-2-3-9-23(26(34)30-15-19-10-12-21(13-11-19)25(28)29)32-27(35)24(14-22-16-38-18-31-22)33-39(36,37)17-20-7-5-4-6-8-20/h4-8,10-13,16,18,23-24,33H,2-3,9,14-15,17H2,1H3,(H3,28,29)(H,30,34)(H,32,35). The second kappa shape index (κ2) is 14.5. The van der Waals surface area contributed by atoms with Gasteiger partial charge in [0.15, 0.2) is 0 Å². The van der Waals surface area contributed by atoms with Crippen LogP contribution >= 0.6 is 11.3 Å². The lowest BCUT2D eigenvalue weighted by molar-refractivity contribution is -0.130. The summed E-state index contributed by atoms with van der Waals surface area (Å²) in [7, 11) is -3.87. The number of carbonyl (C=O) groups excluding carboxylic acids is 2. The molecule has 12 heteroatoms. The molecule has 1 aromatic heterocycles. The number of sulfonamides is 1. The predicted molar refractivity (Wildman–Crippen MR) is 153 cm³/mol. The van der Waals surface area contributed by atoms with E-state index >= 15 is 0 Å². The Hall–Kier alpha value is -3.61. The number of carbonyl (C=O) groups is 2. The number of nitrogens with zero attached hydrogens (tertiary/aromatic N) is 1. The molecule has 3 aromatic rings. The number of thiazole rings is 1.